The molecule has 6 nitrogen and oxygen atoms in total. The average Bonchev–Trinajstić information content (AvgIpc) is 2.85. The first-order valence-corrected chi connectivity index (χ1v) is 8.19. The van der Waals surface area contributed by atoms with E-state index in [4.69, 9.17) is 16.2 Å². The number of nitrogens with zero attached hydrogens (tertiary/aromatic N) is 2. The molecular weight excluding hydrogens is 328 g/mol. The summed E-state index contributed by atoms with van der Waals surface area (Å²) in [5.41, 5.74) is 2.38. The van der Waals surface area contributed by atoms with Crippen molar-refractivity contribution in [2.75, 3.05) is 10.6 Å². The first-order valence-electron chi connectivity index (χ1n) is 7.81. The predicted molar refractivity (Wildman–Crippen MR) is 90.8 cm³/mol. The summed E-state index contributed by atoms with van der Waals surface area (Å²) in [7, 11) is 0. The number of fused-ring (bicyclic) bond motifs is 1. The summed E-state index contributed by atoms with van der Waals surface area (Å²) >= 11 is 6.15. The molecule has 4 rings (SSSR count). The van der Waals surface area contributed by atoms with Gasteiger partial charge in [0.2, 0.25) is 11.6 Å². The van der Waals surface area contributed by atoms with Crippen molar-refractivity contribution < 1.29 is 9.42 Å². The van der Waals surface area contributed by atoms with E-state index in [2.05, 4.69) is 34.8 Å². The van der Waals surface area contributed by atoms with Crippen LogP contribution in [-0.2, 0) is 4.79 Å². The van der Waals surface area contributed by atoms with Crippen LogP contribution < -0.4 is 10.6 Å². The van der Waals surface area contributed by atoms with Gasteiger partial charge >= 0.3 is 0 Å². The molecule has 1 aromatic carbocycles. The number of anilines is 2. The topological polar surface area (TPSA) is 80.1 Å². The highest BCUT2D eigenvalue weighted by Crippen LogP contribution is 2.44. The third kappa shape index (κ3) is 2.57. The number of hydrogen-bond acceptors (Lipinski definition) is 6. The van der Waals surface area contributed by atoms with E-state index in [0.717, 1.165) is 23.3 Å². The molecule has 0 unspecified atom stereocenters. The zero-order valence-corrected chi connectivity index (χ0v) is 14.1. The number of halogens is 1. The monoisotopic (exact) mass is 344 g/mol. The highest BCUT2D eigenvalue weighted by atomic mass is 35.5. The van der Waals surface area contributed by atoms with Gasteiger partial charge in [-0.2, -0.15) is 0 Å². The molecule has 0 radical (unpaired) electrons. The molecule has 1 aromatic heterocycles. The zero-order valence-electron chi connectivity index (χ0n) is 13.4. The van der Waals surface area contributed by atoms with E-state index >= 15 is 0 Å². The standard InChI is InChI=1S/C17H17ClN4O2/c1-17(2)7-11-13(12(23)8-17)14(9-4-3-5-10(18)6-9)20-16-15(19-11)21-24-22-16/h3-6,14H,7-8H2,1-2H3,(H,19,21)(H,20,22)/t14-/m1/s1. The van der Waals surface area contributed by atoms with Crippen molar-refractivity contribution in [3.8, 4) is 0 Å². The fourth-order valence-corrected chi connectivity index (χ4v) is 3.63. The van der Waals surface area contributed by atoms with Gasteiger partial charge in [0.1, 0.15) is 0 Å². The van der Waals surface area contributed by atoms with Gasteiger partial charge in [-0.1, -0.05) is 37.6 Å². The SMILES string of the molecule is CC1(C)CC(=O)C2=C(C1)Nc1nonc1N[C@@H]2c1cccc(Cl)c1. The second-order valence-electron chi connectivity index (χ2n) is 7.05. The highest BCUT2D eigenvalue weighted by Gasteiger charge is 2.39. The van der Waals surface area contributed by atoms with Crippen LogP contribution in [0.2, 0.25) is 5.02 Å². The quantitative estimate of drug-likeness (QED) is 0.815. The Kier molecular flexibility index (Phi) is 3.38. The summed E-state index contributed by atoms with van der Waals surface area (Å²) in [6.45, 7) is 4.18. The van der Waals surface area contributed by atoms with E-state index in [9.17, 15) is 4.79 Å². The lowest BCUT2D eigenvalue weighted by Crippen LogP contribution is -2.31. The maximum Gasteiger partial charge on any atom is 0.219 e. The molecule has 1 atom stereocenters. The van der Waals surface area contributed by atoms with Gasteiger partial charge < -0.3 is 10.6 Å². The molecule has 2 aromatic rings. The van der Waals surface area contributed by atoms with Crippen LogP contribution in [0.4, 0.5) is 11.6 Å². The molecule has 7 heteroatoms. The van der Waals surface area contributed by atoms with Crippen LogP contribution in [0.25, 0.3) is 0 Å². The Labute approximate surface area is 144 Å². The summed E-state index contributed by atoms with van der Waals surface area (Å²) in [6, 6.07) is 7.14. The Hall–Kier alpha value is -2.34. The fraction of sp³-hybridized carbons (Fsp3) is 0.353. The first-order chi connectivity index (χ1) is 11.4. The number of rotatable bonds is 1. The summed E-state index contributed by atoms with van der Waals surface area (Å²) < 4.78 is 4.83. The minimum Gasteiger partial charge on any atom is -0.353 e. The van der Waals surface area contributed by atoms with Crippen LogP contribution in [0.3, 0.4) is 0 Å². The van der Waals surface area contributed by atoms with E-state index in [1.54, 1.807) is 0 Å². The van der Waals surface area contributed by atoms with Crippen molar-refractivity contribution >= 4 is 29.0 Å². The minimum absolute atomic E-state index is 0.108. The van der Waals surface area contributed by atoms with Crippen LogP contribution in [0.15, 0.2) is 40.2 Å². The number of carbonyl (C=O) groups is 1. The molecule has 2 N–H and O–H groups in total. The molecule has 2 heterocycles. The average molecular weight is 345 g/mol. The van der Waals surface area contributed by atoms with E-state index < -0.39 is 0 Å². The van der Waals surface area contributed by atoms with Crippen molar-refractivity contribution in [2.24, 2.45) is 5.41 Å². The Morgan fingerprint density at radius 3 is 2.83 bits per heavy atom. The van der Waals surface area contributed by atoms with E-state index in [-0.39, 0.29) is 17.2 Å². The van der Waals surface area contributed by atoms with E-state index in [1.807, 2.05) is 24.3 Å². The van der Waals surface area contributed by atoms with Gasteiger partial charge in [0.05, 0.1) is 6.04 Å². The molecule has 24 heavy (non-hydrogen) atoms. The molecule has 124 valence electrons. The lowest BCUT2D eigenvalue weighted by Gasteiger charge is -2.34. The number of aromatic nitrogens is 2. The molecule has 2 aliphatic rings. The van der Waals surface area contributed by atoms with Gasteiger partial charge in [0.25, 0.3) is 0 Å². The largest absolute Gasteiger partial charge is 0.353 e. The number of allylic oxidation sites excluding steroid dienone is 1. The normalized spacial score (nSPS) is 22.1. The van der Waals surface area contributed by atoms with Crippen LogP contribution in [0.5, 0.6) is 0 Å². The summed E-state index contributed by atoms with van der Waals surface area (Å²) in [4.78, 5) is 12.9. The molecule has 0 bridgehead atoms. The number of benzene rings is 1. The zero-order chi connectivity index (χ0) is 16.9. The Morgan fingerprint density at radius 1 is 1.25 bits per heavy atom. The number of hydrogen-bond donors (Lipinski definition) is 2. The smallest absolute Gasteiger partial charge is 0.219 e. The molecule has 0 amide bonds. The van der Waals surface area contributed by atoms with Crippen LogP contribution in [0, 0.1) is 5.41 Å². The number of nitrogens with one attached hydrogen (secondary N) is 2. The minimum atomic E-state index is -0.344. The summed E-state index contributed by atoms with van der Waals surface area (Å²) in [6.07, 6.45) is 1.25. The fourth-order valence-electron chi connectivity index (χ4n) is 3.43. The molecule has 0 saturated heterocycles. The third-order valence-corrected chi connectivity index (χ3v) is 4.66. The van der Waals surface area contributed by atoms with Crippen LogP contribution in [0.1, 0.15) is 38.3 Å². The predicted octanol–water partition coefficient (Wildman–Crippen LogP) is 3.94. The lowest BCUT2D eigenvalue weighted by molar-refractivity contribution is -0.118. The van der Waals surface area contributed by atoms with Gasteiger partial charge in [-0.3, -0.25) is 4.79 Å². The maximum atomic E-state index is 12.9. The van der Waals surface area contributed by atoms with Gasteiger partial charge in [-0.15, -0.1) is 0 Å². The molecule has 1 aliphatic heterocycles. The van der Waals surface area contributed by atoms with Crippen molar-refractivity contribution in [3.63, 3.8) is 0 Å². The third-order valence-electron chi connectivity index (χ3n) is 4.43. The van der Waals surface area contributed by atoms with Gasteiger partial charge in [0.15, 0.2) is 5.78 Å². The Morgan fingerprint density at radius 2 is 2.04 bits per heavy atom. The second-order valence-corrected chi connectivity index (χ2v) is 7.49. The molecule has 1 aliphatic carbocycles. The molecule has 0 spiro atoms. The van der Waals surface area contributed by atoms with Crippen LogP contribution >= 0.6 is 11.6 Å². The van der Waals surface area contributed by atoms with Crippen molar-refractivity contribution in [1.29, 1.82) is 0 Å². The van der Waals surface area contributed by atoms with Crippen LogP contribution in [-0.4, -0.2) is 16.1 Å². The lowest BCUT2D eigenvalue weighted by atomic mass is 9.73. The van der Waals surface area contributed by atoms with E-state index in [0.29, 0.717) is 23.1 Å². The number of Topliss-reactive ketones (excluding diaryl/α,β-unsaturated/α-hetero) is 1. The maximum absolute atomic E-state index is 12.9. The Balaban J connectivity index is 1.88. The van der Waals surface area contributed by atoms with E-state index in [1.165, 1.54) is 0 Å². The summed E-state index contributed by atoms with van der Waals surface area (Å²) in [5, 5.41) is 14.9. The summed E-state index contributed by atoms with van der Waals surface area (Å²) in [5.74, 6) is 1.10. The number of carbonyl (C=O) groups excluding carboxylic acids is 1. The van der Waals surface area contributed by atoms with Gasteiger partial charge in [-0.05, 0) is 39.8 Å². The number of ketones is 1. The molecular formula is C17H17ClN4O2. The van der Waals surface area contributed by atoms with Gasteiger partial charge in [-0.25, -0.2) is 4.63 Å². The first kappa shape index (κ1) is 15.2. The molecule has 0 fully saturated rings. The van der Waals surface area contributed by atoms with Gasteiger partial charge in [0, 0.05) is 22.7 Å². The highest BCUT2D eigenvalue weighted by molar-refractivity contribution is 6.30. The van der Waals surface area contributed by atoms with Crippen molar-refractivity contribution in [1.82, 2.24) is 10.3 Å². The second kappa shape index (κ2) is 5.34. The molecule has 0 saturated carbocycles. The Bertz CT molecular complexity index is 856. The van der Waals surface area contributed by atoms with Crippen molar-refractivity contribution in [2.45, 2.75) is 32.7 Å². The van der Waals surface area contributed by atoms with Crippen molar-refractivity contribution in [3.05, 3.63) is 46.1 Å².